The van der Waals surface area contributed by atoms with Crippen LogP contribution in [0.5, 0.6) is 5.75 Å². The molecule has 5 aromatic rings. The molecule has 1 saturated heterocycles. The Morgan fingerprint density at radius 2 is 1.67 bits per heavy atom. The number of aryl methyl sites for hydroxylation is 1. The van der Waals surface area contributed by atoms with Gasteiger partial charge in [0.1, 0.15) is 17.0 Å². The fraction of sp³-hybridized carbons (Fsp3) is 0.0690. The molecule has 1 fully saturated rings. The first-order chi connectivity index (χ1) is 20.2. The number of carbonyl (C=O) groups excluding carboxylic acids is 2. The number of nitrogens with zero attached hydrogens (tertiary/aromatic N) is 5. The molecular formula is C29H18Cl4N6O3. The van der Waals surface area contributed by atoms with Crippen molar-refractivity contribution in [2.24, 2.45) is 4.99 Å². The zero-order chi connectivity index (χ0) is 29.5. The number of fused-ring (bicyclic) bond motifs is 1. The lowest BCUT2D eigenvalue weighted by molar-refractivity contribution is -0.119. The van der Waals surface area contributed by atoms with E-state index in [0.29, 0.717) is 32.5 Å². The maximum atomic E-state index is 14.1. The normalized spacial score (nSPS) is 15.8. The van der Waals surface area contributed by atoms with Crippen LogP contribution in [0.1, 0.15) is 22.0 Å². The van der Waals surface area contributed by atoms with E-state index in [2.05, 4.69) is 15.7 Å². The van der Waals surface area contributed by atoms with Crippen molar-refractivity contribution in [1.29, 1.82) is 0 Å². The van der Waals surface area contributed by atoms with Crippen molar-refractivity contribution in [1.82, 2.24) is 20.4 Å². The lowest BCUT2D eigenvalue weighted by Crippen LogP contribution is -2.36. The molecule has 13 heteroatoms. The van der Waals surface area contributed by atoms with Crippen LogP contribution >= 0.6 is 46.4 Å². The summed E-state index contributed by atoms with van der Waals surface area (Å²) in [5, 5.41) is 10.6. The van der Waals surface area contributed by atoms with Crippen LogP contribution in [0.2, 0.25) is 20.1 Å². The number of amidine groups is 1. The molecule has 1 aliphatic heterocycles. The quantitative estimate of drug-likeness (QED) is 0.159. The molecule has 1 amide bonds. The smallest absolute Gasteiger partial charge is 0.343 e. The third kappa shape index (κ3) is 5.28. The number of hydrazine groups is 1. The zero-order valence-electron chi connectivity index (χ0n) is 21.6. The molecule has 0 radical (unpaired) electrons. The predicted molar refractivity (Wildman–Crippen MR) is 163 cm³/mol. The minimum atomic E-state index is -1.16. The molecule has 0 aliphatic carbocycles. The van der Waals surface area contributed by atoms with E-state index in [0.717, 1.165) is 5.56 Å². The number of carbonyl (C=O) groups is 2. The fourth-order valence-electron chi connectivity index (χ4n) is 4.44. The fourth-order valence-corrected chi connectivity index (χ4v) is 5.58. The Bertz CT molecular complexity index is 1890. The Labute approximate surface area is 259 Å². The third-order valence-electron chi connectivity index (χ3n) is 6.39. The number of benzene rings is 4. The second-order valence-corrected chi connectivity index (χ2v) is 11.0. The Kier molecular flexibility index (Phi) is 7.51. The van der Waals surface area contributed by atoms with Gasteiger partial charge >= 0.3 is 5.97 Å². The van der Waals surface area contributed by atoms with E-state index in [-0.39, 0.29) is 27.1 Å². The molecule has 210 valence electrons. The first-order valence-electron chi connectivity index (χ1n) is 12.4. The molecule has 1 unspecified atom stereocenters. The zero-order valence-corrected chi connectivity index (χ0v) is 24.6. The monoisotopic (exact) mass is 638 g/mol. The van der Waals surface area contributed by atoms with Crippen LogP contribution in [-0.4, -0.2) is 32.7 Å². The van der Waals surface area contributed by atoms with Gasteiger partial charge in [0.05, 0.1) is 31.8 Å². The Morgan fingerprint density at radius 1 is 0.929 bits per heavy atom. The van der Waals surface area contributed by atoms with Gasteiger partial charge in [0.15, 0.2) is 11.9 Å². The highest BCUT2D eigenvalue weighted by Gasteiger charge is 2.43. The number of rotatable bonds is 5. The number of para-hydroxylation sites is 1. The molecule has 42 heavy (non-hydrogen) atoms. The van der Waals surface area contributed by atoms with Gasteiger partial charge in [0, 0.05) is 5.02 Å². The average Bonchev–Trinajstić information content (AvgIpc) is 3.50. The van der Waals surface area contributed by atoms with Crippen LogP contribution < -0.4 is 15.2 Å². The number of esters is 1. The molecule has 0 saturated carbocycles. The van der Waals surface area contributed by atoms with Crippen molar-refractivity contribution in [3.05, 3.63) is 110 Å². The van der Waals surface area contributed by atoms with Gasteiger partial charge in [-0.2, -0.15) is 0 Å². The van der Waals surface area contributed by atoms with E-state index in [1.807, 2.05) is 19.1 Å². The van der Waals surface area contributed by atoms with E-state index >= 15 is 0 Å². The molecule has 1 N–H and O–H groups in total. The van der Waals surface area contributed by atoms with Crippen LogP contribution in [0.15, 0.2) is 83.9 Å². The maximum absolute atomic E-state index is 14.1. The molecular weight excluding hydrogens is 622 g/mol. The van der Waals surface area contributed by atoms with Gasteiger partial charge in [0.25, 0.3) is 5.91 Å². The summed E-state index contributed by atoms with van der Waals surface area (Å²) in [7, 11) is 0. The Morgan fingerprint density at radius 3 is 2.40 bits per heavy atom. The van der Waals surface area contributed by atoms with E-state index in [1.165, 1.54) is 21.8 Å². The number of amides is 1. The second kappa shape index (κ2) is 11.3. The summed E-state index contributed by atoms with van der Waals surface area (Å²) in [6, 6.07) is 20.5. The van der Waals surface area contributed by atoms with Crippen molar-refractivity contribution in [3.8, 4) is 5.75 Å². The highest BCUT2D eigenvalue weighted by atomic mass is 35.5. The molecule has 1 aliphatic rings. The molecule has 9 nitrogen and oxygen atoms in total. The van der Waals surface area contributed by atoms with E-state index in [4.69, 9.17) is 56.1 Å². The molecule has 0 bridgehead atoms. The summed E-state index contributed by atoms with van der Waals surface area (Å²) in [4.78, 5) is 31.7. The lowest BCUT2D eigenvalue weighted by atomic mass is 10.1. The minimum absolute atomic E-state index is 0.135. The van der Waals surface area contributed by atoms with Gasteiger partial charge < -0.3 is 4.74 Å². The topological polar surface area (TPSA) is 102 Å². The van der Waals surface area contributed by atoms with E-state index < -0.39 is 17.9 Å². The van der Waals surface area contributed by atoms with Crippen molar-refractivity contribution in [2.45, 2.75) is 13.0 Å². The van der Waals surface area contributed by atoms with Crippen LogP contribution in [0, 0.1) is 6.92 Å². The van der Waals surface area contributed by atoms with Gasteiger partial charge in [-0.05, 0) is 67.1 Å². The number of aromatic nitrogens is 3. The average molecular weight is 640 g/mol. The summed E-state index contributed by atoms with van der Waals surface area (Å²) >= 11 is 25.5. The van der Waals surface area contributed by atoms with Crippen molar-refractivity contribution in [3.63, 3.8) is 0 Å². The number of ether oxygens (including phenoxy) is 1. The second-order valence-electron chi connectivity index (χ2n) is 9.30. The SMILES string of the molecule is Cc1ccc(Cl)c(N=C2NN(c3c(Cl)cc(Cl)cc3Cl)C(=O)C2n2nnc3ccc(C(=O)Oc4ccccc4)cc32)c1. The standard InChI is InChI=1S/C29H18Cl4N6O3/c1-15-7-9-19(31)23(11-15)34-27-26(28(40)39(36-27)25-20(32)13-17(30)14-21(25)33)38-24-12-16(8-10-22(24)35-37-38)29(41)42-18-5-3-2-4-6-18/h2-14,26H,1H3,(H,34,36). The van der Waals surface area contributed by atoms with Crippen LogP contribution in [0.3, 0.4) is 0 Å². The molecule has 6 rings (SSSR count). The van der Waals surface area contributed by atoms with Gasteiger partial charge in [-0.1, -0.05) is 75.9 Å². The third-order valence-corrected chi connectivity index (χ3v) is 7.51. The van der Waals surface area contributed by atoms with Crippen molar-refractivity contribution < 1.29 is 14.3 Å². The predicted octanol–water partition coefficient (Wildman–Crippen LogP) is 7.40. The summed E-state index contributed by atoms with van der Waals surface area (Å²) < 4.78 is 6.86. The molecule has 2 heterocycles. The van der Waals surface area contributed by atoms with Gasteiger partial charge in [-0.15, -0.1) is 5.10 Å². The largest absolute Gasteiger partial charge is 0.423 e. The molecule has 1 atom stereocenters. The number of nitrogens with one attached hydrogen (secondary N) is 1. The number of anilines is 1. The summed E-state index contributed by atoms with van der Waals surface area (Å²) in [5.74, 6) is -0.555. The number of hydrogen-bond acceptors (Lipinski definition) is 6. The molecule has 1 aromatic heterocycles. The number of hydrogen-bond donors (Lipinski definition) is 1. The lowest BCUT2D eigenvalue weighted by Gasteiger charge is -2.19. The van der Waals surface area contributed by atoms with Gasteiger partial charge in [-0.3, -0.25) is 10.2 Å². The number of aliphatic imine (C=N–C) groups is 1. The number of halogens is 4. The summed E-state index contributed by atoms with van der Waals surface area (Å²) in [5.41, 5.74) is 5.57. The van der Waals surface area contributed by atoms with Gasteiger partial charge in [-0.25, -0.2) is 19.5 Å². The minimum Gasteiger partial charge on any atom is -0.423 e. The van der Waals surface area contributed by atoms with E-state index in [1.54, 1.807) is 54.6 Å². The Balaban J connectivity index is 1.47. The van der Waals surface area contributed by atoms with Crippen molar-refractivity contribution in [2.75, 3.05) is 5.01 Å². The Hall–Kier alpha value is -4.15. The summed E-state index contributed by atoms with van der Waals surface area (Å²) in [6.45, 7) is 1.89. The molecule has 4 aromatic carbocycles. The first-order valence-corrected chi connectivity index (χ1v) is 13.9. The molecule has 0 spiro atoms. The van der Waals surface area contributed by atoms with Crippen LogP contribution in [0.4, 0.5) is 11.4 Å². The van der Waals surface area contributed by atoms with Crippen LogP contribution in [-0.2, 0) is 4.79 Å². The summed E-state index contributed by atoms with van der Waals surface area (Å²) in [6.07, 6.45) is 0. The van der Waals surface area contributed by atoms with Crippen molar-refractivity contribution >= 4 is 86.5 Å². The van der Waals surface area contributed by atoms with Gasteiger partial charge in [0.2, 0.25) is 0 Å². The highest BCUT2D eigenvalue weighted by molar-refractivity contribution is 6.43. The highest BCUT2D eigenvalue weighted by Crippen LogP contribution is 2.39. The maximum Gasteiger partial charge on any atom is 0.343 e. The van der Waals surface area contributed by atoms with Crippen LogP contribution in [0.25, 0.3) is 11.0 Å². The van der Waals surface area contributed by atoms with E-state index in [9.17, 15) is 9.59 Å². The first kappa shape index (κ1) is 28.0.